The quantitative estimate of drug-likeness (QED) is 0.803. The summed E-state index contributed by atoms with van der Waals surface area (Å²) in [6.07, 6.45) is 1.76. The Morgan fingerprint density at radius 3 is 2.53 bits per heavy atom. The van der Waals surface area contributed by atoms with Crippen molar-refractivity contribution >= 4 is 23.9 Å². The van der Waals surface area contributed by atoms with Gasteiger partial charge in [-0.2, -0.15) is 0 Å². The smallest absolute Gasteiger partial charge is 0.324 e. The molecule has 0 radical (unpaired) electrons. The molecule has 3 nitrogen and oxygen atoms in total. The summed E-state index contributed by atoms with van der Waals surface area (Å²) in [4.78, 5) is 10.7. The molecule has 1 heterocycles. The second-order valence-electron chi connectivity index (χ2n) is 3.25. The molecule has 2 rings (SSSR count). The minimum atomic E-state index is -0.823. The lowest BCUT2D eigenvalue weighted by Crippen LogP contribution is -2.30. The Bertz CT molecular complexity index is 375. The molecule has 1 aromatic rings. The first kappa shape index (κ1) is 11.8. The number of carboxylic acid groups (broad SMARTS) is 1. The first-order valence-electron chi connectivity index (χ1n) is 4.49. The lowest BCUT2D eigenvalue weighted by Gasteiger charge is -2.00. The van der Waals surface area contributed by atoms with Crippen molar-refractivity contribution in [3.05, 3.63) is 42.0 Å². The van der Waals surface area contributed by atoms with Crippen molar-refractivity contribution < 1.29 is 9.90 Å². The predicted octanol–water partition coefficient (Wildman–Crippen LogP) is 1.55. The monoisotopic (exact) mass is 225 g/mol. The molecule has 1 aromatic carbocycles. The van der Waals surface area contributed by atoms with Crippen LogP contribution >= 0.6 is 12.4 Å². The molecule has 0 aromatic heterocycles. The molecule has 1 aliphatic rings. The fraction of sp³-hybridized carbons (Fsp3) is 0.182. The maximum atomic E-state index is 10.7. The van der Waals surface area contributed by atoms with E-state index in [-0.39, 0.29) is 12.4 Å². The van der Waals surface area contributed by atoms with Crippen LogP contribution in [-0.2, 0) is 4.79 Å². The van der Waals surface area contributed by atoms with Crippen molar-refractivity contribution in [2.24, 2.45) is 0 Å². The van der Waals surface area contributed by atoms with Gasteiger partial charge in [-0.25, -0.2) is 0 Å². The van der Waals surface area contributed by atoms with Crippen LogP contribution in [0.3, 0.4) is 0 Å². The molecule has 4 heteroatoms. The maximum absolute atomic E-state index is 10.7. The van der Waals surface area contributed by atoms with Crippen LogP contribution in [0.1, 0.15) is 5.56 Å². The van der Waals surface area contributed by atoms with Crippen LogP contribution < -0.4 is 5.32 Å². The van der Waals surface area contributed by atoms with Crippen LogP contribution in [-0.4, -0.2) is 23.7 Å². The molecule has 0 saturated heterocycles. The summed E-state index contributed by atoms with van der Waals surface area (Å²) >= 11 is 0. The van der Waals surface area contributed by atoms with Gasteiger partial charge in [-0.1, -0.05) is 36.4 Å². The van der Waals surface area contributed by atoms with Crippen LogP contribution in [0.5, 0.6) is 0 Å². The van der Waals surface area contributed by atoms with Gasteiger partial charge in [-0.3, -0.25) is 10.1 Å². The SMILES string of the molecule is Cl.O=C(O)C1C=C(c2ccccc2)CN1. The Kier molecular flexibility index (Phi) is 3.88. The van der Waals surface area contributed by atoms with Gasteiger partial charge in [0.25, 0.3) is 0 Å². The second kappa shape index (κ2) is 4.96. The molecular formula is C11H12ClNO2. The highest BCUT2D eigenvalue weighted by atomic mass is 35.5. The Hall–Kier alpha value is -1.32. The highest BCUT2D eigenvalue weighted by molar-refractivity contribution is 5.85. The highest BCUT2D eigenvalue weighted by Gasteiger charge is 2.21. The second-order valence-corrected chi connectivity index (χ2v) is 3.25. The van der Waals surface area contributed by atoms with Gasteiger partial charge in [0, 0.05) is 6.54 Å². The van der Waals surface area contributed by atoms with E-state index in [1.165, 1.54) is 0 Å². The van der Waals surface area contributed by atoms with Crippen molar-refractivity contribution in [3.8, 4) is 0 Å². The van der Waals surface area contributed by atoms with Crippen LogP contribution in [0.2, 0.25) is 0 Å². The Morgan fingerprint density at radius 2 is 2.00 bits per heavy atom. The van der Waals surface area contributed by atoms with E-state index in [2.05, 4.69) is 5.32 Å². The number of rotatable bonds is 2. The fourth-order valence-electron chi connectivity index (χ4n) is 1.55. The van der Waals surface area contributed by atoms with E-state index < -0.39 is 12.0 Å². The predicted molar refractivity (Wildman–Crippen MR) is 61.1 cm³/mol. The molecular weight excluding hydrogens is 214 g/mol. The van der Waals surface area contributed by atoms with E-state index in [9.17, 15) is 4.79 Å². The van der Waals surface area contributed by atoms with Gasteiger partial charge < -0.3 is 5.11 Å². The summed E-state index contributed by atoms with van der Waals surface area (Å²) in [5.41, 5.74) is 2.14. The summed E-state index contributed by atoms with van der Waals surface area (Å²) in [5, 5.41) is 11.7. The average molecular weight is 226 g/mol. The van der Waals surface area contributed by atoms with E-state index >= 15 is 0 Å². The van der Waals surface area contributed by atoms with Crippen molar-refractivity contribution in [1.82, 2.24) is 5.32 Å². The van der Waals surface area contributed by atoms with Gasteiger partial charge in [0.05, 0.1) is 0 Å². The van der Waals surface area contributed by atoms with E-state index in [1.807, 2.05) is 30.3 Å². The largest absolute Gasteiger partial charge is 0.480 e. The summed E-state index contributed by atoms with van der Waals surface area (Å²) in [6.45, 7) is 0.626. The summed E-state index contributed by atoms with van der Waals surface area (Å²) in [6, 6.07) is 9.27. The normalized spacial score (nSPS) is 19.2. The molecule has 2 N–H and O–H groups in total. The van der Waals surface area contributed by atoms with E-state index in [1.54, 1.807) is 6.08 Å². The van der Waals surface area contributed by atoms with Crippen LogP contribution in [0, 0.1) is 0 Å². The van der Waals surface area contributed by atoms with Crippen LogP contribution in [0.4, 0.5) is 0 Å². The van der Waals surface area contributed by atoms with E-state index in [0.29, 0.717) is 6.54 Å². The Labute approximate surface area is 94.2 Å². The summed E-state index contributed by atoms with van der Waals surface area (Å²) in [5.74, 6) is -0.823. The number of hydrogen-bond donors (Lipinski definition) is 2. The van der Waals surface area contributed by atoms with Crippen molar-refractivity contribution in [2.75, 3.05) is 6.54 Å². The number of nitrogens with one attached hydrogen (secondary N) is 1. The molecule has 0 saturated carbocycles. The van der Waals surface area contributed by atoms with E-state index in [0.717, 1.165) is 11.1 Å². The molecule has 0 aliphatic carbocycles. The van der Waals surface area contributed by atoms with Gasteiger partial charge in [-0.05, 0) is 11.1 Å². The third-order valence-corrected chi connectivity index (χ3v) is 2.29. The number of carbonyl (C=O) groups is 1. The zero-order valence-electron chi connectivity index (χ0n) is 8.01. The lowest BCUT2D eigenvalue weighted by molar-refractivity contribution is -0.137. The molecule has 1 atom stereocenters. The first-order valence-corrected chi connectivity index (χ1v) is 4.49. The van der Waals surface area contributed by atoms with Gasteiger partial charge in [-0.15, -0.1) is 12.4 Å². The maximum Gasteiger partial charge on any atom is 0.324 e. The third kappa shape index (κ3) is 2.58. The molecule has 1 unspecified atom stereocenters. The number of benzene rings is 1. The minimum Gasteiger partial charge on any atom is -0.480 e. The van der Waals surface area contributed by atoms with Gasteiger partial charge in [0.2, 0.25) is 0 Å². The Morgan fingerprint density at radius 1 is 1.33 bits per heavy atom. The zero-order valence-corrected chi connectivity index (χ0v) is 8.83. The number of aliphatic carboxylic acids is 1. The number of carboxylic acids is 1. The van der Waals surface area contributed by atoms with Gasteiger partial charge >= 0.3 is 5.97 Å². The molecule has 0 bridgehead atoms. The average Bonchev–Trinajstić information content (AvgIpc) is 2.68. The standard InChI is InChI=1S/C11H11NO2.ClH/c13-11(14)10-6-9(7-12-10)8-4-2-1-3-5-8;/h1-6,10,12H,7H2,(H,13,14);1H. The summed E-state index contributed by atoms with van der Waals surface area (Å²) < 4.78 is 0. The van der Waals surface area contributed by atoms with Crippen molar-refractivity contribution in [2.45, 2.75) is 6.04 Å². The number of hydrogen-bond acceptors (Lipinski definition) is 2. The van der Waals surface area contributed by atoms with Crippen LogP contribution in [0.15, 0.2) is 36.4 Å². The highest BCUT2D eigenvalue weighted by Crippen LogP contribution is 2.18. The van der Waals surface area contributed by atoms with Crippen LogP contribution in [0.25, 0.3) is 5.57 Å². The molecule has 0 amide bonds. The van der Waals surface area contributed by atoms with Crippen molar-refractivity contribution in [3.63, 3.8) is 0 Å². The summed E-state index contributed by atoms with van der Waals surface area (Å²) in [7, 11) is 0. The topological polar surface area (TPSA) is 49.3 Å². The minimum absolute atomic E-state index is 0. The van der Waals surface area contributed by atoms with E-state index in [4.69, 9.17) is 5.11 Å². The number of halogens is 1. The fourth-order valence-corrected chi connectivity index (χ4v) is 1.55. The molecule has 0 fully saturated rings. The molecule has 0 spiro atoms. The van der Waals surface area contributed by atoms with Gasteiger partial charge in [0.1, 0.15) is 6.04 Å². The Balaban J connectivity index is 0.00000112. The molecule has 80 valence electrons. The lowest BCUT2D eigenvalue weighted by atomic mass is 10.1. The molecule has 15 heavy (non-hydrogen) atoms. The molecule has 1 aliphatic heterocycles. The van der Waals surface area contributed by atoms with Crippen molar-refractivity contribution in [1.29, 1.82) is 0 Å². The van der Waals surface area contributed by atoms with Gasteiger partial charge in [0.15, 0.2) is 0 Å². The zero-order chi connectivity index (χ0) is 9.97. The first-order chi connectivity index (χ1) is 6.77. The third-order valence-electron chi connectivity index (χ3n) is 2.29.